The van der Waals surface area contributed by atoms with Gasteiger partial charge in [-0.25, -0.2) is 9.97 Å². The van der Waals surface area contributed by atoms with Gasteiger partial charge in [0.05, 0.1) is 17.2 Å². The molecular weight excluding hydrogens is 443 g/mol. The molecule has 0 radical (unpaired) electrons. The van der Waals surface area contributed by atoms with Gasteiger partial charge >= 0.3 is 6.18 Å². The molecule has 182 valence electrons. The number of nitrogens with zero attached hydrogens (tertiary/aromatic N) is 3. The largest absolute Gasteiger partial charge is 0.418 e. The molecule has 0 aliphatic carbocycles. The number of hydrogen-bond donors (Lipinski definition) is 2. The van der Waals surface area contributed by atoms with Gasteiger partial charge in [0.2, 0.25) is 5.78 Å². The maximum absolute atomic E-state index is 13.8. The van der Waals surface area contributed by atoms with E-state index in [0.717, 1.165) is 11.6 Å². The first-order chi connectivity index (χ1) is 16.1. The lowest BCUT2D eigenvalue weighted by Gasteiger charge is -2.41. The van der Waals surface area contributed by atoms with Crippen LogP contribution in [0.3, 0.4) is 0 Å². The van der Waals surface area contributed by atoms with Crippen molar-refractivity contribution in [3.8, 4) is 0 Å². The number of pyridine rings is 2. The van der Waals surface area contributed by atoms with Gasteiger partial charge in [0.1, 0.15) is 17.3 Å². The molecule has 0 saturated carbocycles. The molecule has 0 spiro atoms. The summed E-state index contributed by atoms with van der Waals surface area (Å²) in [5.41, 5.74) is 4.96. The summed E-state index contributed by atoms with van der Waals surface area (Å²) >= 11 is 0. The normalized spacial score (nSPS) is 18.8. The van der Waals surface area contributed by atoms with Gasteiger partial charge < -0.3 is 16.0 Å². The van der Waals surface area contributed by atoms with Crippen LogP contribution in [0.2, 0.25) is 0 Å². The van der Waals surface area contributed by atoms with Crippen LogP contribution in [-0.4, -0.2) is 34.9 Å². The molecule has 0 bridgehead atoms. The van der Waals surface area contributed by atoms with E-state index in [0.29, 0.717) is 18.9 Å². The molecule has 1 saturated heterocycles. The topological polar surface area (TPSA) is 84.1 Å². The standard InChI is InChI=1S/C25H26F3N5O.2H2/c1-15(2)19-13-33(14-20(31-19)16-7-4-3-5-8-16)21-11-10-18(25(26,27)28)22(32-21)23(34)17-9-6-12-30-24(17)29;;/h3-12,15,19-20,31H,13-14H2,1-2H3,(H2,29,30);2*1H/t19-,20+;;/m1../s1. The zero-order valence-corrected chi connectivity index (χ0v) is 18.9. The second-order valence-corrected chi connectivity index (χ2v) is 8.71. The summed E-state index contributed by atoms with van der Waals surface area (Å²) in [7, 11) is 0. The zero-order valence-electron chi connectivity index (χ0n) is 18.9. The molecule has 2 aromatic heterocycles. The van der Waals surface area contributed by atoms with Crippen LogP contribution in [0.1, 0.15) is 49.9 Å². The number of halogens is 3. The van der Waals surface area contributed by atoms with Crippen LogP contribution in [0, 0.1) is 5.92 Å². The van der Waals surface area contributed by atoms with Gasteiger partial charge in [0.15, 0.2) is 0 Å². The zero-order chi connectivity index (χ0) is 24.5. The number of ketones is 1. The summed E-state index contributed by atoms with van der Waals surface area (Å²) < 4.78 is 41.4. The van der Waals surface area contributed by atoms with Gasteiger partial charge in [-0.3, -0.25) is 4.79 Å². The van der Waals surface area contributed by atoms with Crippen molar-refractivity contribution in [2.75, 3.05) is 23.7 Å². The highest BCUT2D eigenvalue weighted by molar-refractivity contribution is 6.11. The summed E-state index contributed by atoms with van der Waals surface area (Å²) in [5, 5.41) is 3.63. The number of carbonyl (C=O) groups is 1. The van der Waals surface area contributed by atoms with E-state index in [9.17, 15) is 18.0 Å². The van der Waals surface area contributed by atoms with Crippen molar-refractivity contribution in [2.24, 2.45) is 5.92 Å². The molecule has 9 heteroatoms. The first-order valence-corrected chi connectivity index (χ1v) is 11.0. The summed E-state index contributed by atoms with van der Waals surface area (Å²) in [5.74, 6) is -0.458. The number of aromatic nitrogens is 2. The number of rotatable bonds is 5. The van der Waals surface area contributed by atoms with Gasteiger partial charge in [0, 0.05) is 28.2 Å². The molecule has 4 rings (SSSR count). The lowest BCUT2D eigenvalue weighted by molar-refractivity contribution is -0.138. The van der Waals surface area contributed by atoms with Crippen LogP contribution in [0.15, 0.2) is 60.8 Å². The summed E-state index contributed by atoms with van der Waals surface area (Å²) in [6, 6.07) is 15.0. The van der Waals surface area contributed by atoms with Crippen molar-refractivity contribution < 1.29 is 20.8 Å². The van der Waals surface area contributed by atoms with E-state index < -0.39 is 23.2 Å². The average molecular weight is 474 g/mol. The molecule has 1 aliphatic heterocycles. The van der Waals surface area contributed by atoms with Crippen molar-refractivity contribution in [2.45, 2.75) is 32.1 Å². The Bertz CT molecular complexity index is 1180. The first-order valence-electron chi connectivity index (χ1n) is 11.0. The van der Waals surface area contributed by atoms with E-state index in [1.54, 1.807) is 0 Å². The maximum atomic E-state index is 13.8. The van der Waals surface area contributed by atoms with Crippen LogP contribution < -0.4 is 16.0 Å². The highest BCUT2D eigenvalue weighted by Crippen LogP contribution is 2.35. The molecule has 3 heterocycles. The number of nitrogens with two attached hydrogens (primary N) is 1. The first kappa shape index (κ1) is 23.7. The highest BCUT2D eigenvalue weighted by atomic mass is 19.4. The predicted octanol–water partition coefficient (Wildman–Crippen LogP) is 4.98. The van der Waals surface area contributed by atoms with Crippen molar-refractivity contribution in [1.82, 2.24) is 15.3 Å². The second kappa shape index (κ2) is 9.42. The minimum absolute atomic E-state index is 0. The number of nitrogens with one attached hydrogen (secondary N) is 1. The Morgan fingerprint density at radius 2 is 1.85 bits per heavy atom. The summed E-state index contributed by atoms with van der Waals surface area (Å²) in [6.45, 7) is 5.21. The molecule has 0 amide bonds. The van der Waals surface area contributed by atoms with E-state index in [1.807, 2.05) is 35.2 Å². The maximum Gasteiger partial charge on any atom is 0.418 e. The number of carbonyl (C=O) groups excluding carboxylic acids is 1. The Hall–Kier alpha value is -3.46. The quantitative estimate of drug-likeness (QED) is 0.509. The predicted molar refractivity (Wildman–Crippen MR) is 129 cm³/mol. The van der Waals surface area contributed by atoms with E-state index in [4.69, 9.17) is 5.73 Å². The van der Waals surface area contributed by atoms with E-state index in [2.05, 4.69) is 29.1 Å². The van der Waals surface area contributed by atoms with E-state index in [-0.39, 0.29) is 32.2 Å². The number of anilines is 2. The monoisotopic (exact) mass is 473 g/mol. The number of nitrogen functional groups attached to an aromatic ring is 1. The fourth-order valence-electron chi connectivity index (χ4n) is 4.14. The fraction of sp³-hybridized carbons (Fsp3) is 0.320. The van der Waals surface area contributed by atoms with Crippen LogP contribution in [0.25, 0.3) is 0 Å². The Balaban J connectivity index is 0.00000228. The van der Waals surface area contributed by atoms with Gasteiger partial charge in [-0.2, -0.15) is 13.2 Å². The molecule has 34 heavy (non-hydrogen) atoms. The lowest BCUT2D eigenvalue weighted by atomic mass is 9.95. The van der Waals surface area contributed by atoms with E-state index in [1.165, 1.54) is 24.4 Å². The third-order valence-electron chi connectivity index (χ3n) is 6.05. The molecule has 1 fully saturated rings. The molecule has 1 aromatic carbocycles. The number of alkyl halides is 3. The minimum Gasteiger partial charge on any atom is -0.383 e. The van der Waals surface area contributed by atoms with Crippen LogP contribution in [0.5, 0.6) is 0 Å². The van der Waals surface area contributed by atoms with E-state index >= 15 is 0 Å². The number of hydrogen-bond acceptors (Lipinski definition) is 6. The molecule has 1 aliphatic rings. The second-order valence-electron chi connectivity index (χ2n) is 8.71. The van der Waals surface area contributed by atoms with Crippen molar-refractivity contribution in [1.29, 1.82) is 0 Å². The molecule has 2 atom stereocenters. The third-order valence-corrected chi connectivity index (χ3v) is 6.05. The lowest BCUT2D eigenvalue weighted by Crippen LogP contribution is -2.54. The van der Waals surface area contributed by atoms with Gasteiger partial charge in [0.25, 0.3) is 0 Å². The minimum atomic E-state index is -4.75. The van der Waals surface area contributed by atoms with Crippen molar-refractivity contribution >= 4 is 17.4 Å². The molecular formula is C25H30F3N5O. The summed E-state index contributed by atoms with van der Waals surface area (Å²) in [6.07, 6.45) is -3.37. The van der Waals surface area contributed by atoms with Crippen molar-refractivity contribution in [3.05, 3.63) is 83.2 Å². The van der Waals surface area contributed by atoms with Crippen LogP contribution in [0.4, 0.5) is 24.8 Å². The Morgan fingerprint density at radius 1 is 1.12 bits per heavy atom. The van der Waals surface area contributed by atoms with Gasteiger partial charge in [-0.05, 0) is 35.7 Å². The van der Waals surface area contributed by atoms with Crippen molar-refractivity contribution in [3.63, 3.8) is 0 Å². The molecule has 0 unspecified atom stereocenters. The molecule has 3 aromatic rings. The average Bonchev–Trinajstić information content (AvgIpc) is 2.83. The highest BCUT2D eigenvalue weighted by Gasteiger charge is 2.38. The number of benzene rings is 1. The van der Waals surface area contributed by atoms with Gasteiger partial charge in [-0.15, -0.1) is 0 Å². The SMILES string of the molecule is CC(C)[C@H]1CN(c2ccc(C(F)(F)F)c(C(=O)c3cccnc3N)n2)C[C@@H](c2ccccc2)N1.[HH].[HH]. The molecule has 6 nitrogen and oxygen atoms in total. The Labute approximate surface area is 199 Å². The summed E-state index contributed by atoms with van der Waals surface area (Å²) in [4.78, 5) is 23.1. The fourth-order valence-corrected chi connectivity index (χ4v) is 4.14. The Kier molecular flexibility index (Phi) is 6.56. The van der Waals surface area contributed by atoms with Crippen LogP contribution in [-0.2, 0) is 6.18 Å². The third kappa shape index (κ3) is 4.89. The number of piperazine rings is 1. The Morgan fingerprint density at radius 3 is 2.50 bits per heavy atom. The van der Waals surface area contributed by atoms with Crippen LogP contribution >= 0.6 is 0 Å². The smallest absolute Gasteiger partial charge is 0.383 e. The molecule has 3 N–H and O–H groups in total. The van der Waals surface area contributed by atoms with Gasteiger partial charge in [-0.1, -0.05) is 44.2 Å².